The zero-order chi connectivity index (χ0) is 9.26. The van der Waals surface area contributed by atoms with Crippen LogP contribution in [-0.4, -0.2) is 13.4 Å². The predicted octanol–water partition coefficient (Wildman–Crippen LogP) is 1.55. The van der Waals surface area contributed by atoms with E-state index in [1.54, 1.807) is 12.4 Å². The lowest BCUT2D eigenvalue weighted by atomic mass is 10.1. The highest BCUT2D eigenvalue weighted by atomic mass is 32.2. The maximum atomic E-state index is 10.8. The van der Waals surface area contributed by atoms with Crippen molar-refractivity contribution in [2.45, 2.75) is 24.2 Å². The van der Waals surface area contributed by atoms with Crippen molar-refractivity contribution in [3.8, 4) is 0 Å². The van der Waals surface area contributed by atoms with Crippen molar-refractivity contribution in [1.29, 1.82) is 0 Å². The first kappa shape index (κ1) is 8.56. The molecule has 0 fully saturated rings. The number of allylic oxidation sites excluding steroid dienone is 2. The molecule has 1 aliphatic carbocycles. The zero-order valence-corrected chi connectivity index (χ0v) is 8.01. The Balaban J connectivity index is 2.45. The number of nitrogens with one attached hydrogen (secondary N) is 1. The molecular formula is C9H11NO2S. The molecule has 0 unspecified atom stereocenters. The molecule has 0 saturated carbocycles. The second kappa shape index (κ2) is 3.38. The highest BCUT2D eigenvalue weighted by Crippen LogP contribution is 2.30. The smallest absolute Gasteiger partial charge is 0.170 e. The highest BCUT2D eigenvalue weighted by molar-refractivity contribution is 7.72. The van der Waals surface area contributed by atoms with Crippen LogP contribution < -0.4 is 0 Å². The van der Waals surface area contributed by atoms with Gasteiger partial charge in [0.2, 0.25) is 0 Å². The summed E-state index contributed by atoms with van der Waals surface area (Å²) in [4.78, 5) is 3.25. The van der Waals surface area contributed by atoms with Gasteiger partial charge in [-0.25, -0.2) is 8.42 Å². The van der Waals surface area contributed by atoms with Crippen LogP contribution in [0.2, 0.25) is 0 Å². The molecule has 1 N–H and O–H groups in total. The summed E-state index contributed by atoms with van der Waals surface area (Å²) in [5.74, 6) is 0. The molecule has 3 nitrogen and oxygen atoms in total. The Hall–Kier alpha value is -1.03. The van der Waals surface area contributed by atoms with Gasteiger partial charge in [0.1, 0.15) is 0 Å². The van der Waals surface area contributed by atoms with Crippen molar-refractivity contribution in [2.24, 2.45) is 0 Å². The summed E-state index contributed by atoms with van der Waals surface area (Å²) in [5, 5.41) is 0. The van der Waals surface area contributed by atoms with Crippen LogP contribution in [-0.2, 0) is 10.7 Å². The number of rotatable bonds is 2. The molecule has 4 heteroatoms. The first-order valence-corrected chi connectivity index (χ1v) is 5.47. The standard InChI is InChI=1S/C9H11NO2S/c11-13(12)9-6-10-5-8(9)7-3-1-2-4-7/h3,5-6,10,13H,1-2,4H2. The Morgan fingerprint density at radius 2 is 2.15 bits per heavy atom. The van der Waals surface area contributed by atoms with Crippen LogP contribution in [0.5, 0.6) is 0 Å². The molecule has 70 valence electrons. The third kappa shape index (κ3) is 1.54. The van der Waals surface area contributed by atoms with Crippen LogP contribution >= 0.6 is 0 Å². The average Bonchev–Trinajstić information content (AvgIpc) is 2.74. The molecule has 1 aliphatic rings. The third-order valence-corrected chi connectivity index (χ3v) is 3.07. The van der Waals surface area contributed by atoms with Crippen molar-refractivity contribution in [2.75, 3.05) is 0 Å². The quantitative estimate of drug-likeness (QED) is 0.707. The summed E-state index contributed by atoms with van der Waals surface area (Å²) in [6.45, 7) is 0. The van der Waals surface area contributed by atoms with Gasteiger partial charge in [0.15, 0.2) is 10.7 Å². The number of thiol groups is 1. The van der Waals surface area contributed by atoms with Gasteiger partial charge in [-0.1, -0.05) is 6.08 Å². The maximum Gasteiger partial charge on any atom is 0.170 e. The molecule has 0 saturated heterocycles. The van der Waals surface area contributed by atoms with E-state index in [0.717, 1.165) is 30.4 Å². The largest absolute Gasteiger partial charge is 0.366 e. The first-order chi connectivity index (χ1) is 6.29. The van der Waals surface area contributed by atoms with Gasteiger partial charge in [0, 0.05) is 18.0 Å². The lowest BCUT2D eigenvalue weighted by Crippen LogP contribution is -1.84. The van der Waals surface area contributed by atoms with Crippen molar-refractivity contribution < 1.29 is 8.42 Å². The van der Waals surface area contributed by atoms with Gasteiger partial charge in [-0.15, -0.1) is 0 Å². The predicted molar refractivity (Wildman–Crippen MR) is 51.2 cm³/mol. The van der Waals surface area contributed by atoms with Crippen molar-refractivity contribution in [3.05, 3.63) is 24.0 Å². The van der Waals surface area contributed by atoms with Gasteiger partial charge >= 0.3 is 0 Å². The average molecular weight is 197 g/mol. The van der Waals surface area contributed by atoms with Gasteiger partial charge in [-0.05, 0) is 24.8 Å². The maximum absolute atomic E-state index is 10.8. The third-order valence-electron chi connectivity index (χ3n) is 2.31. The number of aromatic amines is 1. The Morgan fingerprint density at radius 1 is 1.31 bits per heavy atom. The summed E-state index contributed by atoms with van der Waals surface area (Å²) in [6.07, 6.45) is 8.61. The van der Waals surface area contributed by atoms with E-state index in [4.69, 9.17) is 0 Å². The first-order valence-electron chi connectivity index (χ1n) is 4.29. The van der Waals surface area contributed by atoms with Crippen LogP contribution in [0.4, 0.5) is 0 Å². The summed E-state index contributed by atoms with van der Waals surface area (Å²) in [5.41, 5.74) is 2.02. The normalized spacial score (nSPS) is 16.5. The van der Waals surface area contributed by atoms with E-state index in [2.05, 4.69) is 11.1 Å². The number of hydrogen-bond acceptors (Lipinski definition) is 2. The summed E-state index contributed by atoms with van der Waals surface area (Å²) in [6, 6.07) is 0. The van der Waals surface area contributed by atoms with E-state index >= 15 is 0 Å². The summed E-state index contributed by atoms with van der Waals surface area (Å²) in [7, 11) is -2.47. The lowest BCUT2D eigenvalue weighted by molar-refractivity contribution is 0.614. The minimum atomic E-state index is -2.47. The highest BCUT2D eigenvalue weighted by Gasteiger charge is 2.13. The molecule has 2 rings (SSSR count). The van der Waals surface area contributed by atoms with Gasteiger partial charge in [0.05, 0.1) is 4.90 Å². The molecule has 0 aromatic carbocycles. The van der Waals surface area contributed by atoms with E-state index in [9.17, 15) is 8.42 Å². The van der Waals surface area contributed by atoms with E-state index in [0.29, 0.717) is 4.90 Å². The van der Waals surface area contributed by atoms with E-state index in [1.807, 2.05) is 0 Å². The molecule has 0 bridgehead atoms. The molecule has 1 heterocycles. The van der Waals surface area contributed by atoms with Gasteiger partial charge in [-0.2, -0.15) is 0 Å². The summed E-state index contributed by atoms with van der Waals surface area (Å²) >= 11 is 0. The monoisotopic (exact) mass is 197 g/mol. The second-order valence-corrected chi connectivity index (χ2v) is 4.13. The van der Waals surface area contributed by atoms with Crippen molar-refractivity contribution >= 4 is 16.3 Å². The van der Waals surface area contributed by atoms with Crippen LogP contribution in [0, 0.1) is 0 Å². The Bertz CT molecular complexity index is 407. The second-order valence-electron chi connectivity index (χ2n) is 3.13. The fraction of sp³-hybridized carbons (Fsp3) is 0.333. The molecule has 0 amide bonds. The lowest BCUT2D eigenvalue weighted by Gasteiger charge is -1.97. The van der Waals surface area contributed by atoms with E-state index < -0.39 is 10.7 Å². The fourth-order valence-electron chi connectivity index (χ4n) is 1.68. The fourth-order valence-corrected chi connectivity index (χ4v) is 2.26. The van der Waals surface area contributed by atoms with Crippen molar-refractivity contribution in [3.63, 3.8) is 0 Å². The zero-order valence-electron chi connectivity index (χ0n) is 7.12. The minimum Gasteiger partial charge on any atom is -0.366 e. The molecule has 0 atom stereocenters. The molecule has 0 aliphatic heterocycles. The van der Waals surface area contributed by atoms with Gasteiger partial charge in [0.25, 0.3) is 0 Å². The van der Waals surface area contributed by atoms with Gasteiger partial charge < -0.3 is 4.98 Å². The number of hydrogen-bond donors (Lipinski definition) is 2. The Morgan fingerprint density at radius 3 is 2.77 bits per heavy atom. The van der Waals surface area contributed by atoms with E-state index in [1.165, 1.54) is 0 Å². The van der Waals surface area contributed by atoms with Crippen LogP contribution in [0.3, 0.4) is 0 Å². The van der Waals surface area contributed by atoms with Crippen LogP contribution in [0.25, 0.3) is 5.57 Å². The van der Waals surface area contributed by atoms with Crippen LogP contribution in [0.15, 0.2) is 23.4 Å². The minimum absolute atomic E-state index is 0.420. The molecule has 13 heavy (non-hydrogen) atoms. The number of H-pyrrole nitrogens is 1. The molecular weight excluding hydrogens is 186 g/mol. The number of aromatic nitrogens is 1. The Kier molecular flexibility index (Phi) is 2.22. The molecule has 0 radical (unpaired) electrons. The summed E-state index contributed by atoms with van der Waals surface area (Å²) < 4.78 is 21.7. The molecule has 1 aromatic rings. The van der Waals surface area contributed by atoms with Crippen molar-refractivity contribution in [1.82, 2.24) is 4.98 Å². The van der Waals surface area contributed by atoms with Gasteiger partial charge in [-0.3, -0.25) is 0 Å². The topological polar surface area (TPSA) is 49.9 Å². The Labute approximate surface area is 78.4 Å². The van der Waals surface area contributed by atoms with Crippen LogP contribution in [0.1, 0.15) is 24.8 Å². The molecule has 1 aromatic heterocycles. The SMILES string of the molecule is O=[SH](=O)c1c[nH]cc1C1=CCCC1. The molecule has 0 spiro atoms. The van der Waals surface area contributed by atoms with E-state index in [-0.39, 0.29) is 0 Å².